The standard InChI is InChI=1S/C20H29N3O5S/c1-16(20(24)22-7-2-3-8-22)21-9-11-23(12-10-21)29(25,26)17-5-6-18-19(15-17)28-14-4-13-27-18/h5-6,15-16H,2-4,7-14H2,1H3/p+1/t16-/m1/s1. The van der Waals surface area contributed by atoms with Gasteiger partial charge in [0.05, 0.1) is 44.3 Å². The maximum absolute atomic E-state index is 13.1. The minimum absolute atomic E-state index is 0.129. The largest absolute Gasteiger partial charge is 0.490 e. The highest BCUT2D eigenvalue weighted by Crippen LogP contribution is 2.32. The summed E-state index contributed by atoms with van der Waals surface area (Å²) in [5, 5.41) is 0. The third-order valence-electron chi connectivity index (χ3n) is 6.12. The Morgan fingerprint density at radius 2 is 1.66 bits per heavy atom. The molecule has 3 aliphatic heterocycles. The van der Waals surface area contributed by atoms with E-state index in [9.17, 15) is 13.2 Å². The summed E-state index contributed by atoms with van der Waals surface area (Å²) in [6.07, 6.45) is 2.93. The molecule has 9 heteroatoms. The lowest BCUT2D eigenvalue weighted by Gasteiger charge is -2.35. The van der Waals surface area contributed by atoms with Crippen molar-refractivity contribution < 1.29 is 27.6 Å². The zero-order valence-electron chi connectivity index (χ0n) is 16.9. The van der Waals surface area contributed by atoms with Crippen LogP contribution in [0.4, 0.5) is 0 Å². The molecule has 0 radical (unpaired) electrons. The zero-order valence-corrected chi connectivity index (χ0v) is 17.7. The number of hydrogen-bond acceptors (Lipinski definition) is 5. The summed E-state index contributed by atoms with van der Waals surface area (Å²) in [7, 11) is -3.60. The van der Waals surface area contributed by atoms with E-state index in [0.717, 1.165) is 37.3 Å². The first-order chi connectivity index (χ1) is 14.0. The Bertz CT molecular complexity index is 846. The fraction of sp³-hybridized carbons (Fsp3) is 0.650. The monoisotopic (exact) mass is 424 g/mol. The molecule has 160 valence electrons. The number of amides is 1. The van der Waals surface area contributed by atoms with Crippen LogP contribution in [0.5, 0.6) is 11.5 Å². The SMILES string of the molecule is C[C@H](C(=O)N1CCCC1)[NH+]1CCN(S(=O)(=O)c2ccc3c(c2)OCCCO3)CC1. The number of fused-ring (bicyclic) bond motifs is 1. The molecule has 29 heavy (non-hydrogen) atoms. The summed E-state index contributed by atoms with van der Waals surface area (Å²) in [4.78, 5) is 16.0. The number of ether oxygens (including phenoxy) is 2. The van der Waals surface area contributed by atoms with Gasteiger partial charge in [-0.25, -0.2) is 8.42 Å². The van der Waals surface area contributed by atoms with Crippen molar-refractivity contribution in [1.82, 2.24) is 9.21 Å². The van der Waals surface area contributed by atoms with Gasteiger partial charge in [-0.1, -0.05) is 0 Å². The van der Waals surface area contributed by atoms with E-state index < -0.39 is 10.0 Å². The predicted molar refractivity (Wildman–Crippen MR) is 107 cm³/mol. The van der Waals surface area contributed by atoms with Gasteiger partial charge >= 0.3 is 0 Å². The minimum atomic E-state index is -3.60. The first-order valence-corrected chi connectivity index (χ1v) is 11.9. The maximum atomic E-state index is 13.1. The Kier molecular flexibility index (Phi) is 5.98. The lowest BCUT2D eigenvalue weighted by atomic mass is 10.2. The molecule has 0 unspecified atom stereocenters. The van der Waals surface area contributed by atoms with Crippen LogP contribution in [0.1, 0.15) is 26.2 Å². The molecule has 2 fully saturated rings. The van der Waals surface area contributed by atoms with E-state index >= 15 is 0 Å². The van der Waals surface area contributed by atoms with Gasteiger partial charge in [-0.2, -0.15) is 4.31 Å². The second kappa shape index (κ2) is 8.49. The van der Waals surface area contributed by atoms with Gasteiger partial charge in [0.25, 0.3) is 5.91 Å². The molecular formula is C20H30N3O5S+. The van der Waals surface area contributed by atoms with Crippen LogP contribution in [0, 0.1) is 0 Å². The molecule has 3 heterocycles. The van der Waals surface area contributed by atoms with E-state index in [0.29, 0.717) is 50.9 Å². The van der Waals surface area contributed by atoms with Crippen molar-refractivity contribution in [3.05, 3.63) is 18.2 Å². The molecule has 0 aromatic heterocycles. The number of nitrogens with one attached hydrogen (secondary N) is 1. The third-order valence-corrected chi connectivity index (χ3v) is 8.02. The van der Waals surface area contributed by atoms with Crippen LogP contribution >= 0.6 is 0 Å². The molecule has 0 saturated carbocycles. The zero-order chi connectivity index (χ0) is 20.4. The molecule has 0 bridgehead atoms. The average molecular weight is 425 g/mol. The molecule has 0 spiro atoms. The van der Waals surface area contributed by atoms with Crippen molar-refractivity contribution in [1.29, 1.82) is 0 Å². The van der Waals surface area contributed by atoms with Crippen LogP contribution in [0.2, 0.25) is 0 Å². The van der Waals surface area contributed by atoms with Crippen LogP contribution < -0.4 is 14.4 Å². The van der Waals surface area contributed by atoms with E-state index in [1.807, 2.05) is 11.8 Å². The minimum Gasteiger partial charge on any atom is -0.490 e. The maximum Gasteiger partial charge on any atom is 0.280 e. The van der Waals surface area contributed by atoms with Gasteiger partial charge in [-0.15, -0.1) is 0 Å². The van der Waals surface area contributed by atoms with Gasteiger partial charge in [0.2, 0.25) is 10.0 Å². The quantitative estimate of drug-likeness (QED) is 0.721. The number of rotatable bonds is 4. The first-order valence-electron chi connectivity index (χ1n) is 10.5. The molecule has 4 rings (SSSR count). The molecule has 2 saturated heterocycles. The average Bonchev–Trinajstić information content (AvgIpc) is 3.18. The van der Waals surface area contributed by atoms with E-state index in [-0.39, 0.29) is 16.8 Å². The number of sulfonamides is 1. The lowest BCUT2D eigenvalue weighted by molar-refractivity contribution is -0.918. The molecule has 3 aliphatic rings. The van der Waals surface area contributed by atoms with Crippen LogP contribution in [0.25, 0.3) is 0 Å². The number of carbonyl (C=O) groups excluding carboxylic acids is 1. The highest BCUT2D eigenvalue weighted by atomic mass is 32.2. The topological polar surface area (TPSA) is 80.6 Å². The van der Waals surface area contributed by atoms with Gasteiger partial charge in [0, 0.05) is 25.6 Å². The highest BCUT2D eigenvalue weighted by Gasteiger charge is 2.36. The Labute approximate surface area is 172 Å². The van der Waals surface area contributed by atoms with E-state index in [2.05, 4.69) is 0 Å². The Morgan fingerprint density at radius 1 is 1.00 bits per heavy atom. The molecular weight excluding hydrogens is 394 g/mol. The molecule has 1 amide bonds. The summed E-state index contributed by atoms with van der Waals surface area (Å²) in [5.74, 6) is 1.26. The Hall–Kier alpha value is -1.84. The van der Waals surface area contributed by atoms with Crippen molar-refractivity contribution in [2.24, 2.45) is 0 Å². The van der Waals surface area contributed by atoms with E-state index in [4.69, 9.17) is 9.47 Å². The molecule has 0 aliphatic carbocycles. The van der Waals surface area contributed by atoms with Crippen molar-refractivity contribution >= 4 is 15.9 Å². The van der Waals surface area contributed by atoms with Gasteiger partial charge in [-0.3, -0.25) is 4.79 Å². The van der Waals surface area contributed by atoms with Crippen molar-refractivity contribution in [2.75, 3.05) is 52.5 Å². The normalized spacial score (nSPS) is 22.3. The van der Waals surface area contributed by atoms with Gasteiger partial charge in [-0.05, 0) is 31.9 Å². The van der Waals surface area contributed by atoms with Crippen LogP contribution in [-0.2, 0) is 14.8 Å². The van der Waals surface area contributed by atoms with Crippen LogP contribution in [-0.4, -0.2) is 82.1 Å². The van der Waals surface area contributed by atoms with Gasteiger partial charge < -0.3 is 19.3 Å². The van der Waals surface area contributed by atoms with Crippen molar-refractivity contribution in [2.45, 2.75) is 37.1 Å². The smallest absolute Gasteiger partial charge is 0.280 e. The molecule has 1 N–H and O–H groups in total. The fourth-order valence-corrected chi connectivity index (χ4v) is 5.74. The second-order valence-electron chi connectivity index (χ2n) is 7.98. The summed E-state index contributed by atoms with van der Waals surface area (Å²) in [6.45, 7) is 6.81. The number of likely N-dealkylation sites (tertiary alicyclic amines) is 1. The van der Waals surface area contributed by atoms with Crippen molar-refractivity contribution in [3.63, 3.8) is 0 Å². The summed E-state index contributed by atoms with van der Waals surface area (Å²) in [5.41, 5.74) is 0. The molecule has 8 nitrogen and oxygen atoms in total. The lowest BCUT2D eigenvalue weighted by Crippen LogP contribution is -3.19. The van der Waals surface area contributed by atoms with Gasteiger partial charge in [0.15, 0.2) is 17.5 Å². The molecule has 1 atom stereocenters. The van der Waals surface area contributed by atoms with Crippen LogP contribution in [0.3, 0.4) is 0 Å². The summed E-state index contributed by atoms with van der Waals surface area (Å²) in [6, 6.07) is 4.69. The predicted octanol–water partition coefficient (Wildman–Crippen LogP) is -0.252. The first kappa shape index (κ1) is 20.4. The fourth-order valence-electron chi connectivity index (χ4n) is 4.29. The second-order valence-corrected chi connectivity index (χ2v) is 9.91. The van der Waals surface area contributed by atoms with E-state index in [1.54, 1.807) is 18.2 Å². The summed E-state index contributed by atoms with van der Waals surface area (Å²) < 4.78 is 39.0. The van der Waals surface area contributed by atoms with Crippen molar-refractivity contribution in [3.8, 4) is 11.5 Å². The third kappa shape index (κ3) is 4.22. The van der Waals surface area contributed by atoms with Gasteiger partial charge in [0.1, 0.15) is 0 Å². The highest BCUT2D eigenvalue weighted by molar-refractivity contribution is 7.89. The number of hydrogen-bond donors (Lipinski definition) is 1. The number of carbonyl (C=O) groups is 1. The number of piperazine rings is 1. The Morgan fingerprint density at radius 3 is 2.34 bits per heavy atom. The Balaban J connectivity index is 1.41. The number of quaternary nitrogens is 1. The molecule has 1 aromatic carbocycles. The molecule has 1 aromatic rings. The van der Waals surface area contributed by atoms with E-state index in [1.165, 1.54) is 4.31 Å². The number of benzene rings is 1. The van der Waals surface area contributed by atoms with Crippen LogP contribution in [0.15, 0.2) is 23.1 Å². The number of nitrogens with zero attached hydrogens (tertiary/aromatic N) is 2. The summed E-state index contributed by atoms with van der Waals surface area (Å²) >= 11 is 0.